The molecule has 0 aromatic carbocycles. The Hall–Kier alpha value is -0.120. The molecule has 1 fully saturated rings. The molecule has 0 amide bonds. The largest absolute Gasteiger partial charge is 0.329 e. The van der Waals surface area contributed by atoms with Crippen LogP contribution in [0, 0.1) is 11.8 Å². The second-order valence-corrected chi connectivity index (χ2v) is 6.19. The van der Waals surface area contributed by atoms with E-state index in [1.807, 2.05) is 0 Å². The maximum absolute atomic E-state index is 6.01. The molecule has 1 aliphatic rings. The third-order valence-corrected chi connectivity index (χ3v) is 3.84. The molecule has 2 N–H and O–H groups in total. The zero-order chi connectivity index (χ0) is 12.8. The summed E-state index contributed by atoms with van der Waals surface area (Å²) in [7, 11) is 4.29. The van der Waals surface area contributed by atoms with Gasteiger partial charge in [0.25, 0.3) is 0 Å². The fourth-order valence-electron chi connectivity index (χ4n) is 2.65. The quantitative estimate of drug-likeness (QED) is 0.701. The first-order chi connectivity index (χ1) is 8.04. The van der Waals surface area contributed by atoms with Crippen LogP contribution < -0.4 is 5.73 Å². The van der Waals surface area contributed by atoms with Crippen LogP contribution in [0.15, 0.2) is 0 Å². The maximum atomic E-state index is 6.01. The molecule has 3 nitrogen and oxygen atoms in total. The first-order valence-corrected chi connectivity index (χ1v) is 7.13. The number of rotatable bonds is 8. The first-order valence-electron chi connectivity index (χ1n) is 7.13. The highest BCUT2D eigenvalue weighted by molar-refractivity contribution is 4.86. The fourth-order valence-corrected chi connectivity index (χ4v) is 2.65. The van der Waals surface area contributed by atoms with E-state index in [-0.39, 0.29) is 0 Å². The van der Waals surface area contributed by atoms with Crippen molar-refractivity contribution in [3.05, 3.63) is 0 Å². The van der Waals surface area contributed by atoms with Crippen molar-refractivity contribution in [2.45, 2.75) is 39.2 Å². The molecule has 0 aliphatic heterocycles. The molecule has 0 aromatic heterocycles. The summed E-state index contributed by atoms with van der Waals surface area (Å²) in [5, 5.41) is 0. The van der Waals surface area contributed by atoms with E-state index < -0.39 is 0 Å². The van der Waals surface area contributed by atoms with E-state index in [0.717, 1.165) is 31.5 Å². The average molecular weight is 241 g/mol. The van der Waals surface area contributed by atoms with Crippen molar-refractivity contribution < 1.29 is 0 Å². The van der Waals surface area contributed by atoms with Gasteiger partial charge in [-0.3, -0.25) is 4.90 Å². The zero-order valence-corrected chi connectivity index (χ0v) is 12.2. The van der Waals surface area contributed by atoms with Crippen LogP contribution >= 0.6 is 0 Å². The van der Waals surface area contributed by atoms with Gasteiger partial charge in [0.1, 0.15) is 0 Å². The molecular weight excluding hydrogens is 210 g/mol. The molecule has 1 unspecified atom stereocenters. The zero-order valence-electron chi connectivity index (χ0n) is 12.2. The summed E-state index contributed by atoms with van der Waals surface area (Å²) in [6.07, 6.45) is 4.18. The summed E-state index contributed by atoms with van der Waals surface area (Å²) >= 11 is 0. The van der Waals surface area contributed by atoms with E-state index in [1.165, 1.54) is 25.8 Å². The van der Waals surface area contributed by atoms with Crippen LogP contribution in [0.1, 0.15) is 33.1 Å². The van der Waals surface area contributed by atoms with Gasteiger partial charge in [0.15, 0.2) is 0 Å². The lowest BCUT2D eigenvalue weighted by atomic mass is 9.79. The Balaban J connectivity index is 2.51. The van der Waals surface area contributed by atoms with Crippen LogP contribution in [-0.2, 0) is 0 Å². The van der Waals surface area contributed by atoms with Gasteiger partial charge in [-0.15, -0.1) is 0 Å². The number of nitrogens with two attached hydrogens (primary N) is 1. The minimum atomic E-state index is 0.617. The molecule has 0 radical (unpaired) electrons. The highest BCUT2D eigenvalue weighted by Crippen LogP contribution is 2.32. The average Bonchev–Trinajstić information content (AvgIpc) is 2.17. The van der Waals surface area contributed by atoms with Crippen LogP contribution in [-0.4, -0.2) is 56.1 Å². The molecule has 0 spiro atoms. The molecule has 1 saturated carbocycles. The summed E-state index contributed by atoms with van der Waals surface area (Å²) in [5.74, 6) is 1.59. The van der Waals surface area contributed by atoms with E-state index in [1.54, 1.807) is 0 Å². The molecule has 102 valence electrons. The Bertz CT molecular complexity index is 200. The van der Waals surface area contributed by atoms with Crippen molar-refractivity contribution in [2.24, 2.45) is 17.6 Å². The molecular formula is C14H31N3. The standard InChI is InChI=1S/C14H31N3/c1-12(2)11-17(9-8-16(3)4)14(10-15)13-6-5-7-13/h12-14H,5-11,15H2,1-4H3. The smallest absolute Gasteiger partial charge is 0.0247 e. The highest BCUT2D eigenvalue weighted by atomic mass is 15.2. The second-order valence-electron chi connectivity index (χ2n) is 6.19. The lowest BCUT2D eigenvalue weighted by Crippen LogP contribution is -2.50. The summed E-state index contributed by atoms with van der Waals surface area (Å²) in [6, 6.07) is 0.617. The Morgan fingerprint density at radius 1 is 1.18 bits per heavy atom. The number of hydrogen-bond donors (Lipinski definition) is 1. The van der Waals surface area contributed by atoms with Crippen molar-refractivity contribution in [3.8, 4) is 0 Å². The normalized spacial score (nSPS) is 19.1. The van der Waals surface area contributed by atoms with Crippen molar-refractivity contribution in [3.63, 3.8) is 0 Å². The molecule has 1 rings (SSSR count). The van der Waals surface area contributed by atoms with Crippen molar-refractivity contribution in [2.75, 3.05) is 40.3 Å². The molecule has 3 heteroatoms. The number of nitrogens with zero attached hydrogens (tertiary/aromatic N) is 2. The van der Waals surface area contributed by atoms with Crippen LogP contribution in [0.25, 0.3) is 0 Å². The molecule has 0 heterocycles. The predicted octanol–water partition coefficient (Wildman–Crippen LogP) is 1.63. The highest BCUT2D eigenvalue weighted by Gasteiger charge is 2.30. The van der Waals surface area contributed by atoms with Gasteiger partial charge in [0.05, 0.1) is 0 Å². The van der Waals surface area contributed by atoms with E-state index in [9.17, 15) is 0 Å². The SMILES string of the molecule is CC(C)CN(CCN(C)C)C(CN)C1CCC1. The number of hydrogen-bond acceptors (Lipinski definition) is 3. The van der Waals surface area contributed by atoms with Gasteiger partial charge < -0.3 is 10.6 Å². The Morgan fingerprint density at radius 3 is 2.18 bits per heavy atom. The van der Waals surface area contributed by atoms with Crippen LogP contribution in [0.4, 0.5) is 0 Å². The Labute approximate surface area is 107 Å². The van der Waals surface area contributed by atoms with Gasteiger partial charge in [0.2, 0.25) is 0 Å². The predicted molar refractivity (Wildman–Crippen MR) is 75.1 cm³/mol. The molecule has 0 aromatic rings. The second kappa shape index (κ2) is 7.34. The molecule has 0 saturated heterocycles. The molecule has 1 aliphatic carbocycles. The van der Waals surface area contributed by atoms with Gasteiger partial charge in [-0.05, 0) is 38.8 Å². The minimum Gasteiger partial charge on any atom is -0.329 e. The van der Waals surface area contributed by atoms with Gasteiger partial charge >= 0.3 is 0 Å². The van der Waals surface area contributed by atoms with Crippen molar-refractivity contribution in [1.29, 1.82) is 0 Å². The molecule has 17 heavy (non-hydrogen) atoms. The Morgan fingerprint density at radius 2 is 1.82 bits per heavy atom. The van der Waals surface area contributed by atoms with Crippen LogP contribution in [0.5, 0.6) is 0 Å². The van der Waals surface area contributed by atoms with Gasteiger partial charge in [0, 0.05) is 32.2 Å². The summed E-state index contributed by atoms with van der Waals surface area (Å²) in [6.45, 7) is 8.91. The van der Waals surface area contributed by atoms with E-state index in [2.05, 4.69) is 37.7 Å². The molecule has 1 atom stereocenters. The third kappa shape index (κ3) is 4.94. The van der Waals surface area contributed by atoms with Gasteiger partial charge in [-0.1, -0.05) is 20.3 Å². The van der Waals surface area contributed by atoms with Crippen molar-refractivity contribution >= 4 is 0 Å². The van der Waals surface area contributed by atoms with Crippen LogP contribution in [0.2, 0.25) is 0 Å². The first kappa shape index (κ1) is 14.9. The summed E-state index contributed by atoms with van der Waals surface area (Å²) < 4.78 is 0. The van der Waals surface area contributed by atoms with E-state index in [0.29, 0.717) is 6.04 Å². The lowest BCUT2D eigenvalue weighted by Gasteiger charge is -2.41. The summed E-state index contributed by atoms with van der Waals surface area (Å²) in [4.78, 5) is 4.90. The summed E-state index contributed by atoms with van der Waals surface area (Å²) in [5.41, 5.74) is 6.01. The maximum Gasteiger partial charge on any atom is 0.0247 e. The Kier molecular flexibility index (Phi) is 6.45. The van der Waals surface area contributed by atoms with E-state index in [4.69, 9.17) is 5.73 Å². The topological polar surface area (TPSA) is 32.5 Å². The monoisotopic (exact) mass is 241 g/mol. The van der Waals surface area contributed by atoms with Gasteiger partial charge in [-0.2, -0.15) is 0 Å². The lowest BCUT2D eigenvalue weighted by molar-refractivity contribution is 0.0836. The van der Waals surface area contributed by atoms with Gasteiger partial charge in [-0.25, -0.2) is 0 Å². The van der Waals surface area contributed by atoms with E-state index >= 15 is 0 Å². The fraction of sp³-hybridized carbons (Fsp3) is 1.00. The third-order valence-electron chi connectivity index (χ3n) is 3.84. The minimum absolute atomic E-state index is 0.617. The van der Waals surface area contributed by atoms with Crippen molar-refractivity contribution in [1.82, 2.24) is 9.80 Å². The number of likely N-dealkylation sites (N-methyl/N-ethyl adjacent to an activating group) is 1. The van der Waals surface area contributed by atoms with Crippen LogP contribution in [0.3, 0.4) is 0 Å². The molecule has 0 bridgehead atoms.